The van der Waals surface area contributed by atoms with E-state index in [4.69, 9.17) is 10.8 Å². The van der Waals surface area contributed by atoms with E-state index < -0.39 is 17.9 Å². The van der Waals surface area contributed by atoms with E-state index in [0.717, 1.165) is 0 Å². The number of nitrogens with two attached hydrogens (primary N) is 1. The van der Waals surface area contributed by atoms with Gasteiger partial charge in [-0.05, 0) is 5.92 Å². The molecule has 1 unspecified atom stereocenters. The molecule has 0 spiro atoms. The molecule has 1 aromatic heterocycles. The van der Waals surface area contributed by atoms with Crippen molar-refractivity contribution in [2.75, 3.05) is 13.1 Å². The lowest BCUT2D eigenvalue weighted by molar-refractivity contribution is -0.142. The standard InChI is InChI=1S/C12H18N4O3/c1-7-4-16(6-9(7)12(18)19)11(17)10(13)8-3-14-15(2)5-8/h3,5,7,9-10H,4,6,13H2,1-2H3,(H,18,19)/t7-,9-,10?/m1/s1. The van der Waals surface area contributed by atoms with E-state index >= 15 is 0 Å². The average molecular weight is 266 g/mol. The molecule has 3 N–H and O–H groups in total. The van der Waals surface area contributed by atoms with Crippen LogP contribution in [0.15, 0.2) is 12.4 Å². The maximum absolute atomic E-state index is 12.2. The molecule has 1 fully saturated rings. The van der Waals surface area contributed by atoms with Gasteiger partial charge in [-0.1, -0.05) is 6.92 Å². The molecule has 0 bridgehead atoms. The minimum Gasteiger partial charge on any atom is -0.481 e. The van der Waals surface area contributed by atoms with Crippen molar-refractivity contribution in [3.63, 3.8) is 0 Å². The summed E-state index contributed by atoms with van der Waals surface area (Å²) in [5, 5.41) is 13.0. The summed E-state index contributed by atoms with van der Waals surface area (Å²) >= 11 is 0. The van der Waals surface area contributed by atoms with Crippen LogP contribution < -0.4 is 5.73 Å². The van der Waals surface area contributed by atoms with Gasteiger partial charge in [-0.25, -0.2) is 0 Å². The van der Waals surface area contributed by atoms with E-state index in [0.29, 0.717) is 12.1 Å². The van der Waals surface area contributed by atoms with Crippen LogP contribution in [0.4, 0.5) is 0 Å². The van der Waals surface area contributed by atoms with Crippen molar-refractivity contribution in [2.24, 2.45) is 24.6 Å². The number of carboxylic acid groups (broad SMARTS) is 1. The van der Waals surface area contributed by atoms with Gasteiger partial charge < -0.3 is 15.7 Å². The number of aliphatic carboxylic acids is 1. The molecule has 3 atom stereocenters. The number of carbonyl (C=O) groups excluding carboxylic acids is 1. The minimum absolute atomic E-state index is 0.0532. The Morgan fingerprint density at radius 2 is 2.21 bits per heavy atom. The highest BCUT2D eigenvalue weighted by Crippen LogP contribution is 2.25. The van der Waals surface area contributed by atoms with Crippen molar-refractivity contribution in [3.8, 4) is 0 Å². The first kappa shape index (κ1) is 13.5. The second-order valence-electron chi connectivity index (χ2n) is 5.09. The monoisotopic (exact) mass is 266 g/mol. The van der Waals surface area contributed by atoms with Crippen LogP contribution in [-0.2, 0) is 16.6 Å². The summed E-state index contributed by atoms with van der Waals surface area (Å²) in [5.74, 6) is -1.67. The van der Waals surface area contributed by atoms with Crippen LogP contribution in [-0.4, -0.2) is 44.8 Å². The Morgan fingerprint density at radius 3 is 2.68 bits per heavy atom. The summed E-state index contributed by atoms with van der Waals surface area (Å²) in [6.45, 7) is 2.49. The highest BCUT2D eigenvalue weighted by molar-refractivity contribution is 5.84. The summed E-state index contributed by atoms with van der Waals surface area (Å²) in [6.07, 6.45) is 3.24. The van der Waals surface area contributed by atoms with Gasteiger partial charge in [0.1, 0.15) is 6.04 Å². The molecule has 2 rings (SSSR count). The first-order valence-corrected chi connectivity index (χ1v) is 6.16. The summed E-state index contributed by atoms with van der Waals surface area (Å²) in [5.41, 5.74) is 6.54. The topological polar surface area (TPSA) is 101 Å². The third-order valence-electron chi connectivity index (χ3n) is 3.59. The molecule has 0 aliphatic carbocycles. The second kappa shape index (κ2) is 5.00. The van der Waals surface area contributed by atoms with Crippen molar-refractivity contribution in [2.45, 2.75) is 13.0 Å². The summed E-state index contributed by atoms with van der Waals surface area (Å²) < 4.78 is 1.58. The lowest BCUT2D eigenvalue weighted by Crippen LogP contribution is -2.37. The molecule has 19 heavy (non-hydrogen) atoms. The smallest absolute Gasteiger partial charge is 0.308 e. The van der Waals surface area contributed by atoms with Crippen molar-refractivity contribution < 1.29 is 14.7 Å². The number of aromatic nitrogens is 2. The molecule has 0 aromatic carbocycles. The molecule has 1 aromatic rings. The van der Waals surface area contributed by atoms with Gasteiger partial charge in [0.05, 0.1) is 12.1 Å². The highest BCUT2D eigenvalue weighted by Gasteiger charge is 2.38. The number of likely N-dealkylation sites (tertiary alicyclic amines) is 1. The summed E-state index contributed by atoms with van der Waals surface area (Å²) in [4.78, 5) is 24.8. The number of hydrogen-bond donors (Lipinski definition) is 2. The molecule has 1 aliphatic rings. The van der Waals surface area contributed by atoms with Crippen molar-refractivity contribution in [1.29, 1.82) is 0 Å². The number of aryl methyl sites for hydroxylation is 1. The number of rotatable bonds is 3. The number of amides is 1. The molecule has 1 amide bonds. The van der Waals surface area contributed by atoms with E-state index in [1.165, 1.54) is 4.90 Å². The predicted molar refractivity (Wildman–Crippen MR) is 67.0 cm³/mol. The zero-order valence-electron chi connectivity index (χ0n) is 11.0. The molecular weight excluding hydrogens is 248 g/mol. The Balaban J connectivity index is 2.07. The molecule has 104 valence electrons. The van der Waals surface area contributed by atoms with Gasteiger partial charge >= 0.3 is 5.97 Å². The van der Waals surface area contributed by atoms with Crippen LogP contribution in [0.25, 0.3) is 0 Å². The maximum Gasteiger partial charge on any atom is 0.308 e. The Kier molecular flexibility index (Phi) is 3.57. The molecule has 7 nitrogen and oxygen atoms in total. The number of carbonyl (C=O) groups is 2. The SMILES string of the molecule is C[C@@H]1CN(C(=O)C(N)c2cnn(C)c2)C[C@H]1C(=O)O. The van der Waals surface area contributed by atoms with E-state index in [1.54, 1.807) is 24.1 Å². The lowest BCUT2D eigenvalue weighted by atomic mass is 9.99. The highest BCUT2D eigenvalue weighted by atomic mass is 16.4. The van der Waals surface area contributed by atoms with Gasteiger partial charge in [-0.3, -0.25) is 14.3 Å². The van der Waals surface area contributed by atoms with Gasteiger partial charge in [0.2, 0.25) is 5.91 Å². The molecule has 7 heteroatoms. The number of hydrogen-bond acceptors (Lipinski definition) is 4. The van der Waals surface area contributed by atoms with Gasteiger partial charge in [0.15, 0.2) is 0 Å². The maximum atomic E-state index is 12.2. The largest absolute Gasteiger partial charge is 0.481 e. The van der Waals surface area contributed by atoms with Crippen LogP contribution >= 0.6 is 0 Å². The minimum atomic E-state index is -0.863. The fourth-order valence-electron chi connectivity index (χ4n) is 2.41. The van der Waals surface area contributed by atoms with E-state index in [1.807, 2.05) is 6.92 Å². The van der Waals surface area contributed by atoms with Crippen LogP contribution in [0.5, 0.6) is 0 Å². The summed E-state index contributed by atoms with van der Waals surface area (Å²) in [6, 6.07) is -0.784. The fraction of sp³-hybridized carbons (Fsp3) is 0.583. The van der Waals surface area contributed by atoms with Crippen LogP contribution in [0, 0.1) is 11.8 Å². The molecule has 1 aliphatic heterocycles. The zero-order chi connectivity index (χ0) is 14.2. The Bertz CT molecular complexity index is 499. The Labute approximate surface area is 111 Å². The quantitative estimate of drug-likeness (QED) is 0.775. The third kappa shape index (κ3) is 2.60. The first-order chi connectivity index (χ1) is 8.90. The lowest BCUT2D eigenvalue weighted by Gasteiger charge is -2.19. The van der Waals surface area contributed by atoms with Crippen molar-refractivity contribution >= 4 is 11.9 Å². The van der Waals surface area contributed by atoms with E-state index in [2.05, 4.69) is 5.10 Å². The van der Waals surface area contributed by atoms with Crippen LogP contribution in [0.2, 0.25) is 0 Å². The van der Waals surface area contributed by atoms with E-state index in [9.17, 15) is 9.59 Å². The van der Waals surface area contributed by atoms with Gasteiger partial charge in [0, 0.05) is 31.9 Å². The Hall–Kier alpha value is -1.89. The average Bonchev–Trinajstić information content (AvgIpc) is 2.93. The number of carboxylic acids is 1. The second-order valence-corrected chi connectivity index (χ2v) is 5.09. The normalized spacial score (nSPS) is 24.5. The molecule has 0 radical (unpaired) electrons. The van der Waals surface area contributed by atoms with Crippen LogP contribution in [0.1, 0.15) is 18.5 Å². The predicted octanol–water partition coefficient (Wildman–Crippen LogP) is -0.401. The number of nitrogens with zero attached hydrogens (tertiary/aromatic N) is 3. The summed E-state index contributed by atoms with van der Waals surface area (Å²) in [7, 11) is 1.75. The first-order valence-electron chi connectivity index (χ1n) is 6.16. The zero-order valence-corrected chi connectivity index (χ0v) is 11.0. The van der Waals surface area contributed by atoms with E-state index in [-0.39, 0.29) is 18.4 Å². The van der Waals surface area contributed by atoms with Crippen LogP contribution in [0.3, 0.4) is 0 Å². The Morgan fingerprint density at radius 1 is 1.53 bits per heavy atom. The molecule has 0 saturated carbocycles. The van der Waals surface area contributed by atoms with Crippen molar-refractivity contribution in [1.82, 2.24) is 14.7 Å². The molecule has 2 heterocycles. The van der Waals surface area contributed by atoms with Gasteiger partial charge in [-0.15, -0.1) is 0 Å². The third-order valence-corrected chi connectivity index (χ3v) is 3.59. The van der Waals surface area contributed by atoms with Crippen molar-refractivity contribution in [3.05, 3.63) is 18.0 Å². The molecule has 1 saturated heterocycles. The van der Waals surface area contributed by atoms with Gasteiger partial charge in [0.25, 0.3) is 0 Å². The van der Waals surface area contributed by atoms with Gasteiger partial charge in [-0.2, -0.15) is 5.10 Å². The molecular formula is C12H18N4O3. The fourth-order valence-corrected chi connectivity index (χ4v) is 2.41.